The monoisotopic (exact) mass is 547 g/mol. The molecule has 1 aliphatic rings. The van der Waals surface area contributed by atoms with Crippen molar-refractivity contribution in [1.29, 1.82) is 0 Å². The highest BCUT2D eigenvalue weighted by molar-refractivity contribution is 6.22. The van der Waals surface area contributed by atoms with Crippen LogP contribution in [0.1, 0.15) is 30.5 Å². The number of nitrogens with one attached hydrogen (secondary N) is 2. The van der Waals surface area contributed by atoms with E-state index in [9.17, 15) is 0 Å². The van der Waals surface area contributed by atoms with Crippen molar-refractivity contribution in [2.45, 2.75) is 26.2 Å². The lowest BCUT2D eigenvalue weighted by molar-refractivity contribution is 0.419. The minimum Gasteiger partial charge on any atom is -0.495 e. The van der Waals surface area contributed by atoms with E-state index in [1.807, 2.05) is 30.6 Å². The predicted molar refractivity (Wildman–Crippen MR) is 171 cm³/mol. The Kier molecular flexibility index (Phi) is 5.19. The number of ether oxygens (including phenoxy) is 1. The Morgan fingerprint density at radius 2 is 1.67 bits per heavy atom. The highest BCUT2D eigenvalue weighted by Crippen LogP contribution is 2.46. The molecule has 2 N–H and O–H groups in total. The zero-order valence-electron chi connectivity index (χ0n) is 23.9. The largest absolute Gasteiger partial charge is 0.495 e. The molecule has 6 nitrogen and oxygen atoms in total. The number of hydrogen-bond acceptors (Lipinski definition) is 4. The lowest BCUT2D eigenvalue weighted by atomic mass is 9.78. The Morgan fingerprint density at radius 1 is 0.857 bits per heavy atom. The Morgan fingerprint density at radius 3 is 2.52 bits per heavy atom. The molecule has 6 heteroatoms. The summed E-state index contributed by atoms with van der Waals surface area (Å²) in [5, 5.41) is 3.25. The van der Waals surface area contributed by atoms with Gasteiger partial charge in [-0.15, -0.1) is 0 Å². The van der Waals surface area contributed by atoms with Crippen molar-refractivity contribution < 1.29 is 4.74 Å². The summed E-state index contributed by atoms with van der Waals surface area (Å²) in [7, 11) is 1.71. The van der Waals surface area contributed by atoms with Gasteiger partial charge >= 0.3 is 0 Å². The van der Waals surface area contributed by atoms with E-state index in [1.54, 1.807) is 7.11 Å². The minimum atomic E-state index is -0.281. The predicted octanol–water partition coefficient (Wildman–Crippen LogP) is 8.66. The van der Waals surface area contributed by atoms with Crippen LogP contribution in [0.3, 0.4) is 0 Å². The quantitative estimate of drug-likeness (QED) is 0.231. The molecule has 42 heavy (non-hydrogen) atoms. The SMILES string of the molecule is COc1cc(-c2[nH]c3ncccc3c2C2=Nc3ccccc3C2(C)C)cc2c(-c3cc(C)c4ccccc4n3)c[nH]c12. The molecule has 0 bridgehead atoms. The van der Waals surface area contributed by atoms with E-state index in [0.717, 1.165) is 78.1 Å². The molecule has 8 rings (SSSR count). The van der Waals surface area contributed by atoms with Gasteiger partial charge in [-0.05, 0) is 60.5 Å². The molecule has 5 heterocycles. The number of para-hydroxylation sites is 2. The van der Waals surface area contributed by atoms with Crippen LogP contribution >= 0.6 is 0 Å². The van der Waals surface area contributed by atoms with Gasteiger partial charge in [-0.3, -0.25) is 4.99 Å². The number of fused-ring (bicyclic) bond motifs is 4. The maximum Gasteiger partial charge on any atom is 0.143 e. The number of H-pyrrole nitrogens is 2. The number of benzene rings is 3. The second kappa shape index (κ2) is 8.88. The van der Waals surface area contributed by atoms with Crippen LogP contribution in [0, 0.1) is 6.92 Å². The first-order valence-electron chi connectivity index (χ1n) is 14.2. The third-order valence-corrected chi connectivity index (χ3v) is 8.67. The van der Waals surface area contributed by atoms with Gasteiger partial charge in [0.1, 0.15) is 11.4 Å². The summed E-state index contributed by atoms with van der Waals surface area (Å²) in [5.41, 5.74) is 11.9. The number of aryl methyl sites for hydroxylation is 1. The number of hydrogen-bond donors (Lipinski definition) is 2. The Bertz CT molecular complexity index is 2230. The molecule has 3 aromatic carbocycles. The van der Waals surface area contributed by atoms with Crippen LogP contribution in [0.4, 0.5) is 5.69 Å². The molecular weight excluding hydrogens is 518 g/mol. The van der Waals surface area contributed by atoms with E-state index in [0.29, 0.717) is 0 Å². The van der Waals surface area contributed by atoms with Crippen molar-refractivity contribution in [1.82, 2.24) is 19.9 Å². The van der Waals surface area contributed by atoms with Crippen LogP contribution < -0.4 is 4.74 Å². The molecular formula is C36H29N5O. The van der Waals surface area contributed by atoms with Gasteiger partial charge in [0.05, 0.1) is 40.9 Å². The molecule has 204 valence electrons. The normalized spacial score (nSPS) is 14.0. The first-order valence-corrected chi connectivity index (χ1v) is 14.2. The molecule has 0 spiro atoms. The summed E-state index contributed by atoms with van der Waals surface area (Å²) >= 11 is 0. The molecule has 4 aromatic heterocycles. The number of aromatic amines is 2. The highest BCUT2D eigenvalue weighted by Gasteiger charge is 2.38. The molecule has 0 saturated heterocycles. The van der Waals surface area contributed by atoms with E-state index in [2.05, 4.69) is 91.4 Å². The van der Waals surface area contributed by atoms with Crippen molar-refractivity contribution >= 4 is 44.2 Å². The van der Waals surface area contributed by atoms with Crippen LogP contribution in [0.25, 0.3) is 55.4 Å². The van der Waals surface area contributed by atoms with E-state index in [-0.39, 0.29) is 5.41 Å². The second-order valence-electron chi connectivity index (χ2n) is 11.5. The first kappa shape index (κ1) is 24.6. The van der Waals surface area contributed by atoms with Crippen molar-refractivity contribution in [2.24, 2.45) is 4.99 Å². The van der Waals surface area contributed by atoms with Crippen molar-refractivity contribution in [3.63, 3.8) is 0 Å². The Hall–Kier alpha value is -5.23. The summed E-state index contributed by atoms with van der Waals surface area (Å²) in [6.07, 6.45) is 3.85. The molecule has 0 atom stereocenters. The van der Waals surface area contributed by atoms with E-state index >= 15 is 0 Å². The molecule has 0 aliphatic carbocycles. The molecule has 0 fully saturated rings. The number of pyridine rings is 2. The lowest BCUT2D eigenvalue weighted by Gasteiger charge is -2.23. The average Bonchev–Trinajstić information content (AvgIpc) is 3.68. The minimum absolute atomic E-state index is 0.281. The zero-order chi connectivity index (χ0) is 28.6. The van der Waals surface area contributed by atoms with Gasteiger partial charge < -0.3 is 14.7 Å². The number of rotatable bonds is 4. The van der Waals surface area contributed by atoms with Crippen LogP contribution in [0.15, 0.2) is 96.2 Å². The Labute approximate surface area is 243 Å². The molecule has 0 saturated carbocycles. The summed E-state index contributed by atoms with van der Waals surface area (Å²) < 4.78 is 5.95. The van der Waals surface area contributed by atoms with Gasteiger partial charge in [0.2, 0.25) is 0 Å². The van der Waals surface area contributed by atoms with Gasteiger partial charge in [0, 0.05) is 50.7 Å². The highest BCUT2D eigenvalue weighted by atomic mass is 16.5. The number of nitrogens with zero attached hydrogens (tertiary/aromatic N) is 3. The fraction of sp³-hybridized carbons (Fsp3) is 0.139. The Balaban J connectivity index is 1.38. The number of aliphatic imine (C=N–C) groups is 1. The van der Waals surface area contributed by atoms with Crippen LogP contribution in [-0.2, 0) is 5.41 Å². The molecule has 7 aromatic rings. The van der Waals surface area contributed by atoms with Gasteiger partial charge in [0.15, 0.2) is 0 Å². The lowest BCUT2D eigenvalue weighted by Crippen LogP contribution is -2.26. The van der Waals surface area contributed by atoms with Gasteiger partial charge in [-0.25, -0.2) is 9.97 Å². The molecule has 0 unspecified atom stereocenters. The van der Waals surface area contributed by atoms with E-state index in [4.69, 9.17) is 19.7 Å². The van der Waals surface area contributed by atoms with Gasteiger partial charge in [-0.1, -0.05) is 50.2 Å². The van der Waals surface area contributed by atoms with Crippen molar-refractivity contribution in [3.05, 3.63) is 108 Å². The maximum absolute atomic E-state index is 5.95. The second-order valence-corrected chi connectivity index (χ2v) is 11.5. The van der Waals surface area contributed by atoms with Crippen molar-refractivity contribution in [3.8, 4) is 28.3 Å². The fourth-order valence-electron chi connectivity index (χ4n) is 6.54. The zero-order valence-corrected chi connectivity index (χ0v) is 23.9. The summed E-state index contributed by atoms with van der Waals surface area (Å²) in [6.45, 7) is 6.64. The fourth-order valence-corrected chi connectivity index (χ4v) is 6.54. The van der Waals surface area contributed by atoms with E-state index in [1.165, 1.54) is 11.1 Å². The summed E-state index contributed by atoms with van der Waals surface area (Å²) in [5.74, 6) is 0.764. The summed E-state index contributed by atoms with van der Waals surface area (Å²) in [4.78, 5) is 22.1. The topological polar surface area (TPSA) is 78.9 Å². The third-order valence-electron chi connectivity index (χ3n) is 8.67. The molecule has 0 amide bonds. The number of aromatic nitrogens is 4. The standard InChI is InChI=1S/C36H29N5O/c1-20-16-29(39-27-13-7-5-10-22(20)27)25-19-38-33-24(25)17-21(18-30(33)42-4)32-31(23-11-9-15-37-35(23)41-32)34-36(2,3)26-12-6-8-14-28(26)40-34/h5-19,38H,1-4H3,(H,37,41). The van der Waals surface area contributed by atoms with Crippen LogP contribution in [0.5, 0.6) is 5.75 Å². The molecule has 0 radical (unpaired) electrons. The van der Waals surface area contributed by atoms with Crippen molar-refractivity contribution in [2.75, 3.05) is 7.11 Å². The summed E-state index contributed by atoms with van der Waals surface area (Å²) in [6, 6.07) is 27.3. The van der Waals surface area contributed by atoms with Gasteiger partial charge in [-0.2, -0.15) is 0 Å². The maximum atomic E-state index is 5.95. The van der Waals surface area contributed by atoms with Crippen LogP contribution in [0.2, 0.25) is 0 Å². The third kappa shape index (κ3) is 3.48. The van der Waals surface area contributed by atoms with E-state index < -0.39 is 0 Å². The van der Waals surface area contributed by atoms with Crippen LogP contribution in [-0.4, -0.2) is 32.8 Å². The number of methoxy groups -OCH3 is 1. The first-order chi connectivity index (χ1) is 20.4. The smallest absolute Gasteiger partial charge is 0.143 e. The average molecular weight is 548 g/mol. The molecule has 1 aliphatic heterocycles. The van der Waals surface area contributed by atoms with Gasteiger partial charge in [0.25, 0.3) is 0 Å².